The number of carbonyl (C=O) groups excluding carboxylic acids is 1. The smallest absolute Gasteiger partial charge is 0.351 e. The molecule has 1 heterocycles. The zero-order chi connectivity index (χ0) is 14.1. The summed E-state index contributed by atoms with van der Waals surface area (Å²) >= 11 is 0. The maximum atomic E-state index is 11.3. The summed E-state index contributed by atoms with van der Waals surface area (Å²) in [6.45, 7) is 0. The van der Waals surface area contributed by atoms with Gasteiger partial charge in [-0.2, -0.15) is 8.42 Å². The molecule has 7 nitrogen and oxygen atoms in total. The predicted molar refractivity (Wildman–Crippen MR) is 67.8 cm³/mol. The zero-order valence-electron chi connectivity index (χ0n) is 10.1. The third-order valence-corrected chi connectivity index (χ3v) is 3.05. The quantitative estimate of drug-likeness (QED) is 0.805. The number of nitrogens with zero attached hydrogens (tertiary/aromatic N) is 1. The van der Waals surface area contributed by atoms with Gasteiger partial charge in [0.2, 0.25) is 0 Å². The first-order valence-electron chi connectivity index (χ1n) is 5.20. The number of imidazole rings is 1. The van der Waals surface area contributed by atoms with E-state index >= 15 is 0 Å². The Labute approximate surface area is 110 Å². The van der Waals surface area contributed by atoms with Crippen LogP contribution in [-0.2, 0) is 14.3 Å². The minimum Gasteiger partial charge on any atom is -0.351 e. The van der Waals surface area contributed by atoms with E-state index < -0.39 is 16.2 Å². The van der Waals surface area contributed by atoms with Crippen molar-refractivity contribution in [2.75, 3.05) is 7.05 Å². The van der Waals surface area contributed by atoms with E-state index in [-0.39, 0.29) is 4.90 Å². The van der Waals surface area contributed by atoms with Crippen molar-refractivity contribution in [2.24, 2.45) is 0 Å². The van der Waals surface area contributed by atoms with Crippen LogP contribution >= 0.6 is 0 Å². The van der Waals surface area contributed by atoms with Gasteiger partial charge in [0.25, 0.3) is 0 Å². The Hall–Kier alpha value is -2.35. The third kappa shape index (κ3) is 5.21. The molecule has 0 fully saturated rings. The van der Waals surface area contributed by atoms with Gasteiger partial charge in [-0.25, -0.2) is 9.78 Å². The summed E-state index contributed by atoms with van der Waals surface area (Å²) in [6, 6.07) is 7.44. The molecule has 1 aromatic carbocycles. The molecule has 0 saturated heterocycles. The minimum atomic E-state index is -3.98. The fourth-order valence-electron chi connectivity index (χ4n) is 0.992. The molecule has 0 saturated carbocycles. The van der Waals surface area contributed by atoms with Crippen LogP contribution in [0.25, 0.3) is 0 Å². The first kappa shape index (κ1) is 14.7. The summed E-state index contributed by atoms with van der Waals surface area (Å²) < 4.78 is 26.8. The van der Waals surface area contributed by atoms with Crippen molar-refractivity contribution in [1.29, 1.82) is 0 Å². The Morgan fingerprint density at radius 1 is 1.32 bits per heavy atom. The van der Waals surface area contributed by atoms with Crippen LogP contribution in [0.1, 0.15) is 0 Å². The molecule has 0 aliphatic heterocycles. The van der Waals surface area contributed by atoms with E-state index in [1.165, 1.54) is 19.2 Å². The molecule has 0 aliphatic rings. The highest BCUT2D eigenvalue weighted by atomic mass is 32.2. The van der Waals surface area contributed by atoms with E-state index in [4.69, 9.17) is 0 Å². The molecule has 0 radical (unpaired) electrons. The van der Waals surface area contributed by atoms with Crippen molar-refractivity contribution in [1.82, 2.24) is 15.3 Å². The molecule has 0 aliphatic carbocycles. The van der Waals surface area contributed by atoms with Crippen molar-refractivity contribution in [3.8, 4) is 0 Å². The van der Waals surface area contributed by atoms with Gasteiger partial charge in [-0.3, -0.25) is 0 Å². The topological polar surface area (TPSA) is 101 Å². The predicted octanol–water partition coefficient (Wildman–Crippen LogP) is 1.14. The second-order valence-corrected chi connectivity index (χ2v) is 4.69. The number of H-pyrrole nitrogens is 1. The molecule has 0 spiro atoms. The van der Waals surface area contributed by atoms with Gasteiger partial charge in [0.1, 0.15) is 4.90 Å². The van der Waals surface area contributed by atoms with Gasteiger partial charge in [-0.15, -0.1) is 0 Å². The van der Waals surface area contributed by atoms with E-state index in [1.807, 2.05) is 0 Å². The Morgan fingerprint density at radius 3 is 2.42 bits per heavy atom. The maximum absolute atomic E-state index is 11.3. The summed E-state index contributed by atoms with van der Waals surface area (Å²) in [5, 5.41) is 2.05. The minimum absolute atomic E-state index is 0.0522. The lowest BCUT2D eigenvalue weighted by Crippen LogP contribution is -2.23. The molecule has 0 unspecified atom stereocenters. The molecule has 2 rings (SSSR count). The second-order valence-electron chi connectivity index (χ2n) is 3.15. The van der Waals surface area contributed by atoms with Crippen LogP contribution in [0.15, 0.2) is 53.9 Å². The number of rotatable bonds is 2. The number of amides is 1. The van der Waals surface area contributed by atoms with Gasteiger partial charge in [-0.1, -0.05) is 18.2 Å². The summed E-state index contributed by atoms with van der Waals surface area (Å²) in [6.07, 6.45) is 4.08. The zero-order valence-corrected chi connectivity index (χ0v) is 10.9. The molecule has 19 heavy (non-hydrogen) atoms. The van der Waals surface area contributed by atoms with Crippen LogP contribution < -0.4 is 5.32 Å². The first-order chi connectivity index (χ1) is 9.06. The van der Waals surface area contributed by atoms with Crippen LogP contribution in [0.3, 0.4) is 0 Å². The molecule has 2 aromatic rings. The standard InChI is InChI=1S/C8H9NO4S.C3H4N2/c1-9-8(10)13-14(11,12)7-5-3-2-4-6-7;1-2-5-3-4-1/h2-6H,1H3,(H,9,10);1-3H,(H,4,5). The van der Waals surface area contributed by atoms with Crippen LogP contribution in [-0.4, -0.2) is 31.5 Å². The molecular weight excluding hydrogens is 270 g/mol. The van der Waals surface area contributed by atoms with Crippen LogP contribution in [0.5, 0.6) is 0 Å². The molecule has 2 N–H and O–H groups in total. The molecule has 0 atom stereocenters. The highest BCUT2D eigenvalue weighted by Crippen LogP contribution is 2.10. The molecular formula is C11H13N3O4S. The van der Waals surface area contributed by atoms with Gasteiger partial charge < -0.3 is 14.5 Å². The molecule has 1 aromatic heterocycles. The molecule has 8 heteroatoms. The van der Waals surface area contributed by atoms with E-state index in [1.54, 1.807) is 36.9 Å². The molecule has 102 valence electrons. The first-order valence-corrected chi connectivity index (χ1v) is 6.61. The summed E-state index contributed by atoms with van der Waals surface area (Å²) in [5.74, 6) is 0. The Balaban J connectivity index is 0.000000300. The third-order valence-electron chi connectivity index (χ3n) is 1.83. The summed E-state index contributed by atoms with van der Waals surface area (Å²) in [4.78, 5) is 17.1. The summed E-state index contributed by atoms with van der Waals surface area (Å²) in [7, 11) is -2.70. The van der Waals surface area contributed by atoms with Crippen molar-refractivity contribution in [3.05, 3.63) is 49.1 Å². The fraction of sp³-hybridized carbons (Fsp3) is 0.0909. The van der Waals surface area contributed by atoms with Crippen molar-refractivity contribution in [2.45, 2.75) is 4.90 Å². The lowest BCUT2D eigenvalue weighted by molar-refractivity contribution is 0.205. The number of benzene rings is 1. The van der Waals surface area contributed by atoms with E-state index in [0.29, 0.717) is 0 Å². The van der Waals surface area contributed by atoms with E-state index in [0.717, 1.165) is 0 Å². The van der Waals surface area contributed by atoms with Crippen LogP contribution in [0.2, 0.25) is 0 Å². The SMILES string of the molecule is CNC(=O)OS(=O)(=O)c1ccccc1.c1c[nH]cn1. The lowest BCUT2D eigenvalue weighted by Gasteiger charge is -2.03. The van der Waals surface area contributed by atoms with Gasteiger partial charge in [0.05, 0.1) is 6.33 Å². The Morgan fingerprint density at radius 2 is 2.00 bits per heavy atom. The van der Waals surface area contributed by atoms with E-state index in [9.17, 15) is 13.2 Å². The van der Waals surface area contributed by atoms with E-state index in [2.05, 4.69) is 19.5 Å². The summed E-state index contributed by atoms with van der Waals surface area (Å²) in [5.41, 5.74) is 0. The van der Waals surface area contributed by atoms with Crippen molar-refractivity contribution in [3.63, 3.8) is 0 Å². The number of aromatic amines is 1. The van der Waals surface area contributed by atoms with Crippen molar-refractivity contribution < 1.29 is 17.4 Å². The second kappa shape index (κ2) is 7.17. The number of hydrogen-bond acceptors (Lipinski definition) is 5. The average molecular weight is 283 g/mol. The number of carbonyl (C=O) groups is 1. The Bertz CT molecular complexity index is 564. The van der Waals surface area contributed by atoms with Crippen LogP contribution in [0.4, 0.5) is 4.79 Å². The largest absolute Gasteiger partial charge is 0.422 e. The highest BCUT2D eigenvalue weighted by molar-refractivity contribution is 7.87. The Kier molecular flexibility index (Phi) is 5.55. The van der Waals surface area contributed by atoms with Gasteiger partial charge >= 0.3 is 16.2 Å². The maximum Gasteiger partial charge on any atom is 0.422 e. The van der Waals surface area contributed by atoms with Gasteiger partial charge in [-0.05, 0) is 12.1 Å². The molecule has 1 amide bonds. The average Bonchev–Trinajstić information content (AvgIpc) is 2.98. The monoisotopic (exact) mass is 283 g/mol. The van der Waals surface area contributed by atoms with Crippen LogP contribution in [0, 0.1) is 0 Å². The fourth-order valence-corrected chi connectivity index (χ4v) is 1.86. The number of hydrogen-bond donors (Lipinski definition) is 2. The van der Waals surface area contributed by atoms with Gasteiger partial charge in [0.15, 0.2) is 0 Å². The number of nitrogens with one attached hydrogen (secondary N) is 2. The van der Waals surface area contributed by atoms with Crippen molar-refractivity contribution >= 4 is 16.2 Å². The number of aromatic nitrogens is 2. The molecule has 0 bridgehead atoms. The normalized spacial score (nSPS) is 9.95. The van der Waals surface area contributed by atoms with Gasteiger partial charge in [0, 0.05) is 19.4 Å². The lowest BCUT2D eigenvalue weighted by atomic mass is 10.4. The highest BCUT2D eigenvalue weighted by Gasteiger charge is 2.18.